The number of benzene rings is 2. The minimum Gasteiger partial charge on any atom is -0.480 e. The summed E-state index contributed by atoms with van der Waals surface area (Å²) in [5, 5.41) is 3.08. The van der Waals surface area contributed by atoms with E-state index in [-0.39, 0.29) is 16.3 Å². The second-order valence-electron chi connectivity index (χ2n) is 6.11. The van der Waals surface area contributed by atoms with Crippen molar-refractivity contribution in [3.05, 3.63) is 76.9 Å². The highest BCUT2D eigenvalue weighted by molar-refractivity contribution is 7.92. The molecule has 9 heteroatoms. The van der Waals surface area contributed by atoms with Crippen LogP contribution in [0.25, 0.3) is 0 Å². The minimum absolute atomic E-state index is 0.0356. The lowest BCUT2D eigenvalue weighted by Crippen LogP contribution is -2.17. The Labute approximate surface area is 173 Å². The Morgan fingerprint density at radius 2 is 1.86 bits per heavy atom. The first kappa shape index (κ1) is 20.6. The highest BCUT2D eigenvalue weighted by Gasteiger charge is 2.19. The molecule has 3 rings (SSSR count). The molecule has 150 valence electrons. The number of methoxy groups -OCH3 is 1. The summed E-state index contributed by atoms with van der Waals surface area (Å²) >= 11 is 5.92. The summed E-state index contributed by atoms with van der Waals surface area (Å²) in [5.74, 6) is -0.294. The normalized spacial score (nSPS) is 11.0. The third-order valence-corrected chi connectivity index (χ3v) is 5.78. The van der Waals surface area contributed by atoms with E-state index in [1.54, 1.807) is 49.4 Å². The van der Waals surface area contributed by atoms with Crippen molar-refractivity contribution in [2.75, 3.05) is 17.1 Å². The third-order valence-electron chi connectivity index (χ3n) is 4.02. The van der Waals surface area contributed by atoms with Crippen LogP contribution in [0, 0.1) is 6.92 Å². The molecule has 1 amide bonds. The number of aryl methyl sites for hydroxylation is 1. The standard InChI is InChI=1S/C20H18ClN3O4S/c1-13-8-9-15(23-19(25)17-7-4-10-22-20(17)28-2)12-18(13)29(26,27)24-16-6-3-5-14(21)11-16/h3-12,24H,1-2H3,(H,23,25). The first-order valence-electron chi connectivity index (χ1n) is 8.49. The van der Waals surface area contributed by atoms with Gasteiger partial charge >= 0.3 is 0 Å². The molecule has 0 saturated heterocycles. The fourth-order valence-corrected chi connectivity index (χ4v) is 4.17. The summed E-state index contributed by atoms with van der Waals surface area (Å²) in [4.78, 5) is 16.6. The van der Waals surface area contributed by atoms with E-state index in [9.17, 15) is 13.2 Å². The molecule has 2 aromatic carbocycles. The van der Waals surface area contributed by atoms with E-state index in [0.717, 1.165) is 0 Å². The lowest BCUT2D eigenvalue weighted by Gasteiger charge is -2.13. The van der Waals surface area contributed by atoms with E-state index in [2.05, 4.69) is 15.0 Å². The van der Waals surface area contributed by atoms with Gasteiger partial charge in [0.2, 0.25) is 5.88 Å². The summed E-state index contributed by atoms with van der Waals surface area (Å²) < 4.78 is 33.3. The van der Waals surface area contributed by atoms with Gasteiger partial charge in [-0.05, 0) is 55.0 Å². The Bertz CT molecular complexity index is 1170. The molecule has 2 N–H and O–H groups in total. The van der Waals surface area contributed by atoms with Crippen molar-refractivity contribution in [2.45, 2.75) is 11.8 Å². The SMILES string of the molecule is COc1ncccc1C(=O)Nc1ccc(C)c(S(=O)(=O)Nc2cccc(Cl)c2)c1. The number of ether oxygens (including phenoxy) is 1. The Morgan fingerprint density at radius 1 is 1.07 bits per heavy atom. The Morgan fingerprint density at radius 3 is 2.59 bits per heavy atom. The molecular formula is C20H18ClN3O4S. The van der Waals surface area contributed by atoms with Crippen molar-refractivity contribution in [1.29, 1.82) is 0 Å². The molecule has 0 saturated carbocycles. The van der Waals surface area contributed by atoms with E-state index >= 15 is 0 Å². The molecule has 0 bridgehead atoms. The van der Waals surface area contributed by atoms with E-state index in [1.165, 1.54) is 25.4 Å². The lowest BCUT2D eigenvalue weighted by molar-refractivity contribution is 0.102. The van der Waals surface area contributed by atoms with Crippen molar-refractivity contribution in [1.82, 2.24) is 4.98 Å². The molecular weight excluding hydrogens is 414 g/mol. The fraction of sp³-hybridized carbons (Fsp3) is 0.100. The minimum atomic E-state index is -3.89. The van der Waals surface area contributed by atoms with Crippen LogP contribution >= 0.6 is 11.6 Å². The van der Waals surface area contributed by atoms with E-state index in [4.69, 9.17) is 16.3 Å². The number of hydrogen-bond donors (Lipinski definition) is 2. The number of aromatic nitrogens is 1. The molecule has 1 heterocycles. The predicted molar refractivity (Wildman–Crippen MR) is 112 cm³/mol. The van der Waals surface area contributed by atoms with Crippen LogP contribution in [0.2, 0.25) is 5.02 Å². The van der Waals surface area contributed by atoms with Crippen molar-refractivity contribution in [2.24, 2.45) is 0 Å². The Hall–Kier alpha value is -3.10. The average Bonchev–Trinajstić information content (AvgIpc) is 2.69. The van der Waals surface area contributed by atoms with Gasteiger partial charge in [0, 0.05) is 16.9 Å². The van der Waals surface area contributed by atoms with Crippen molar-refractivity contribution < 1.29 is 17.9 Å². The average molecular weight is 432 g/mol. The number of pyridine rings is 1. The van der Waals surface area contributed by atoms with E-state index < -0.39 is 15.9 Å². The molecule has 0 radical (unpaired) electrons. The number of nitrogens with zero attached hydrogens (tertiary/aromatic N) is 1. The second kappa shape index (κ2) is 8.50. The Balaban J connectivity index is 1.88. The van der Waals surface area contributed by atoms with Crippen LogP contribution in [-0.2, 0) is 10.0 Å². The zero-order valence-electron chi connectivity index (χ0n) is 15.6. The van der Waals surface area contributed by atoms with Gasteiger partial charge in [0.15, 0.2) is 0 Å². The van der Waals surface area contributed by atoms with Gasteiger partial charge in [0.05, 0.1) is 17.7 Å². The van der Waals surface area contributed by atoms with Crippen molar-refractivity contribution in [3.63, 3.8) is 0 Å². The maximum atomic E-state index is 12.8. The van der Waals surface area contributed by atoms with Gasteiger partial charge in [-0.1, -0.05) is 23.7 Å². The molecule has 29 heavy (non-hydrogen) atoms. The van der Waals surface area contributed by atoms with E-state index in [0.29, 0.717) is 22.0 Å². The molecule has 0 unspecified atom stereocenters. The largest absolute Gasteiger partial charge is 0.480 e. The number of hydrogen-bond acceptors (Lipinski definition) is 5. The zero-order chi connectivity index (χ0) is 21.0. The van der Waals surface area contributed by atoms with Crippen LogP contribution in [0.1, 0.15) is 15.9 Å². The van der Waals surface area contributed by atoms with Gasteiger partial charge in [0.1, 0.15) is 5.56 Å². The van der Waals surface area contributed by atoms with Crippen molar-refractivity contribution >= 4 is 38.9 Å². The lowest BCUT2D eigenvalue weighted by atomic mass is 10.2. The third kappa shape index (κ3) is 4.85. The van der Waals surface area contributed by atoms with Gasteiger partial charge in [0.25, 0.3) is 15.9 Å². The number of amides is 1. The van der Waals surface area contributed by atoms with Gasteiger partial charge in [-0.25, -0.2) is 13.4 Å². The van der Waals surface area contributed by atoms with Gasteiger partial charge in [-0.15, -0.1) is 0 Å². The second-order valence-corrected chi connectivity index (χ2v) is 8.20. The topological polar surface area (TPSA) is 97.4 Å². The van der Waals surface area contributed by atoms with Crippen LogP contribution in [0.3, 0.4) is 0 Å². The first-order chi connectivity index (χ1) is 13.8. The molecule has 3 aromatic rings. The number of carbonyl (C=O) groups excluding carboxylic acids is 1. The summed E-state index contributed by atoms with van der Waals surface area (Å²) in [6.45, 7) is 1.67. The summed E-state index contributed by atoms with van der Waals surface area (Å²) in [6.07, 6.45) is 1.51. The summed E-state index contributed by atoms with van der Waals surface area (Å²) in [6, 6.07) is 14.2. The van der Waals surface area contributed by atoms with Crippen molar-refractivity contribution in [3.8, 4) is 5.88 Å². The van der Waals surface area contributed by atoms with Crippen LogP contribution in [0.4, 0.5) is 11.4 Å². The smallest absolute Gasteiger partial charge is 0.262 e. The number of sulfonamides is 1. The summed E-state index contributed by atoms with van der Waals surface area (Å²) in [7, 11) is -2.48. The number of rotatable bonds is 6. The molecule has 0 spiro atoms. The first-order valence-corrected chi connectivity index (χ1v) is 10.4. The summed E-state index contributed by atoms with van der Waals surface area (Å²) in [5.41, 5.74) is 1.41. The highest BCUT2D eigenvalue weighted by atomic mass is 35.5. The maximum absolute atomic E-state index is 12.8. The number of carbonyl (C=O) groups is 1. The Kier molecular flexibility index (Phi) is 6.05. The molecule has 7 nitrogen and oxygen atoms in total. The highest BCUT2D eigenvalue weighted by Crippen LogP contribution is 2.25. The van der Waals surface area contributed by atoms with Crippen LogP contribution in [0.15, 0.2) is 65.7 Å². The van der Waals surface area contributed by atoms with Gasteiger partial charge in [-0.3, -0.25) is 9.52 Å². The molecule has 0 atom stereocenters. The molecule has 0 aliphatic heterocycles. The van der Waals surface area contributed by atoms with Crippen LogP contribution in [0.5, 0.6) is 5.88 Å². The molecule has 0 aliphatic rings. The molecule has 0 fully saturated rings. The quantitative estimate of drug-likeness (QED) is 0.612. The van der Waals surface area contributed by atoms with Crippen LogP contribution < -0.4 is 14.8 Å². The predicted octanol–water partition coefficient (Wildman–Crippen LogP) is 4.11. The maximum Gasteiger partial charge on any atom is 0.262 e. The monoisotopic (exact) mass is 431 g/mol. The van der Waals surface area contributed by atoms with Crippen LogP contribution in [-0.4, -0.2) is 26.4 Å². The fourth-order valence-electron chi connectivity index (χ4n) is 2.65. The molecule has 1 aromatic heterocycles. The zero-order valence-corrected chi connectivity index (χ0v) is 17.2. The molecule has 0 aliphatic carbocycles. The van der Waals surface area contributed by atoms with Gasteiger partial charge in [-0.2, -0.15) is 0 Å². The number of halogens is 1. The number of nitrogens with one attached hydrogen (secondary N) is 2. The van der Waals surface area contributed by atoms with Gasteiger partial charge < -0.3 is 10.1 Å². The van der Waals surface area contributed by atoms with E-state index in [1.807, 2.05) is 0 Å². The number of anilines is 2.